The summed E-state index contributed by atoms with van der Waals surface area (Å²) < 4.78 is 26.1. The Morgan fingerprint density at radius 1 is 1.32 bits per heavy atom. The molecule has 3 fully saturated rings. The standard InChI is InChI=1S/C20H26N4O4S3/c1-13-11-23(18(26)16-12-29-20(2)9-8-17(25)24(16)20)19(30-13)21-14-6-5-7-15(10-14)31(27,28)22(3)4/h5-7,10,13,16H,8-9,11-12H2,1-4H3/t13-,16+,20-/m0/s1. The Hall–Kier alpha value is -1.56. The summed E-state index contributed by atoms with van der Waals surface area (Å²) in [6, 6.07) is 5.93. The van der Waals surface area contributed by atoms with Gasteiger partial charge in [0.1, 0.15) is 6.04 Å². The molecule has 3 heterocycles. The Labute approximate surface area is 191 Å². The van der Waals surface area contributed by atoms with Gasteiger partial charge in [0, 0.05) is 38.1 Å². The number of amides is 2. The van der Waals surface area contributed by atoms with Gasteiger partial charge in [-0.25, -0.2) is 17.7 Å². The number of fused-ring (bicyclic) bond motifs is 1. The van der Waals surface area contributed by atoms with Crippen LogP contribution in [0.4, 0.5) is 5.69 Å². The lowest BCUT2D eigenvalue weighted by atomic mass is 10.2. The highest BCUT2D eigenvalue weighted by Gasteiger charge is 2.54. The van der Waals surface area contributed by atoms with E-state index in [1.807, 2.05) is 13.8 Å². The van der Waals surface area contributed by atoms with Crippen LogP contribution < -0.4 is 0 Å². The maximum Gasteiger partial charge on any atom is 0.252 e. The molecule has 0 unspecified atom stereocenters. The van der Waals surface area contributed by atoms with E-state index in [0.29, 0.717) is 29.6 Å². The fourth-order valence-corrected chi connectivity index (χ4v) is 7.50. The lowest BCUT2D eigenvalue weighted by Crippen LogP contribution is -2.51. The lowest BCUT2D eigenvalue weighted by Gasteiger charge is -2.31. The summed E-state index contributed by atoms with van der Waals surface area (Å²) in [7, 11) is -0.616. The third kappa shape index (κ3) is 4.01. The first kappa shape index (κ1) is 22.6. The molecule has 3 atom stereocenters. The van der Waals surface area contributed by atoms with Crippen LogP contribution in [0.3, 0.4) is 0 Å². The molecule has 8 nitrogen and oxygen atoms in total. The van der Waals surface area contributed by atoms with Gasteiger partial charge in [0.05, 0.1) is 15.5 Å². The van der Waals surface area contributed by atoms with Crippen molar-refractivity contribution in [2.24, 2.45) is 4.99 Å². The predicted molar refractivity (Wildman–Crippen MR) is 124 cm³/mol. The van der Waals surface area contributed by atoms with E-state index in [9.17, 15) is 18.0 Å². The van der Waals surface area contributed by atoms with Gasteiger partial charge in [0.2, 0.25) is 15.9 Å². The van der Waals surface area contributed by atoms with Crippen molar-refractivity contribution in [2.75, 3.05) is 26.4 Å². The first-order chi connectivity index (χ1) is 14.5. The number of carbonyl (C=O) groups is 2. The van der Waals surface area contributed by atoms with Crippen molar-refractivity contribution in [3.05, 3.63) is 24.3 Å². The predicted octanol–water partition coefficient (Wildman–Crippen LogP) is 2.34. The summed E-state index contributed by atoms with van der Waals surface area (Å²) in [4.78, 5) is 33.8. The summed E-state index contributed by atoms with van der Waals surface area (Å²) in [6.45, 7) is 4.57. The number of amidine groups is 1. The van der Waals surface area contributed by atoms with Crippen LogP contribution >= 0.6 is 23.5 Å². The van der Waals surface area contributed by atoms with Crippen molar-refractivity contribution in [1.29, 1.82) is 0 Å². The summed E-state index contributed by atoms with van der Waals surface area (Å²) in [5, 5.41) is 0.702. The lowest BCUT2D eigenvalue weighted by molar-refractivity contribution is -0.141. The summed E-state index contributed by atoms with van der Waals surface area (Å²) in [5.74, 6) is 0.505. The van der Waals surface area contributed by atoms with Gasteiger partial charge >= 0.3 is 0 Å². The normalized spacial score (nSPS) is 30.0. The first-order valence-corrected chi connectivity index (χ1v) is 13.4. The van der Waals surface area contributed by atoms with Crippen molar-refractivity contribution < 1.29 is 18.0 Å². The molecule has 2 amide bonds. The average molecular weight is 483 g/mol. The van der Waals surface area contributed by atoms with Crippen LogP contribution in [0, 0.1) is 0 Å². The fraction of sp³-hybridized carbons (Fsp3) is 0.550. The molecule has 0 saturated carbocycles. The summed E-state index contributed by atoms with van der Waals surface area (Å²) in [5.41, 5.74) is 0.472. The van der Waals surface area contributed by atoms with E-state index in [1.54, 1.807) is 33.7 Å². The van der Waals surface area contributed by atoms with Gasteiger partial charge in [-0.2, -0.15) is 0 Å². The van der Waals surface area contributed by atoms with Crippen molar-refractivity contribution >= 4 is 56.2 Å². The number of nitrogens with zero attached hydrogens (tertiary/aromatic N) is 4. The highest BCUT2D eigenvalue weighted by atomic mass is 32.2. The largest absolute Gasteiger partial charge is 0.315 e. The monoisotopic (exact) mass is 482 g/mol. The van der Waals surface area contributed by atoms with E-state index in [2.05, 4.69) is 4.99 Å². The van der Waals surface area contributed by atoms with Gasteiger partial charge in [-0.05, 0) is 31.5 Å². The smallest absolute Gasteiger partial charge is 0.252 e. The number of hydrogen-bond acceptors (Lipinski definition) is 7. The highest BCUT2D eigenvalue weighted by molar-refractivity contribution is 8.14. The van der Waals surface area contributed by atoms with Crippen LogP contribution in [0.1, 0.15) is 26.7 Å². The van der Waals surface area contributed by atoms with Crippen LogP contribution in [0.15, 0.2) is 34.2 Å². The zero-order chi connectivity index (χ0) is 22.6. The topological polar surface area (TPSA) is 90.4 Å². The van der Waals surface area contributed by atoms with Gasteiger partial charge in [-0.3, -0.25) is 14.5 Å². The van der Waals surface area contributed by atoms with E-state index in [4.69, 9.17) is 0 Å². The Kier molecular flexibility index (Phi) is 5.91. The average Bonchev–Trinajstić information content (AvgIpc) is 3.34. The van der Waals surface area contributed by atoms with Gasteiger partial charge in [0.25, 0.3) is 5.91 Å². The molecule has 1 aromatic carbocycles. The van der Waals surface area contributed by atoms with Gasteiger partial charge in [-0.15, -0.1) is 11.8 Å². The quantitative estimate of drug-likeness (QED) is 0.654. The molecule has 1 aromatic rings. The summed E-state index contributed by atoms with van der Waals surface area (Å²) in [6.07, 6.45) is 1.24. The minimum absolute atomic E-state index is 0.0332. The van der Waals surface area contributed by atoms with E-state index >= 15 is 0 Å². The first-order valence-electron chi connectivity index (χ1n) is 10.1. The zero-order valence-corrected chi connectivity index (χ0v) is 20.4. The minimum atomic E-state index is -3.58. The maximum atomic E-state index is 13.5. The van der Waals surface area contributed by atoms with Crippen molar-refractivity contribution in [3.63, 3.8) is 0 Å². The van der Waals surface area contributed by atoms with Crippen LogP contribution in [-0.4, -0.2) is 82.1 Å². The van der Waals surface area contributed by atoms with Crippen LogP contribution in [0.5, 0.6) is 0 Å². The van der Waals surface area contributed by atoms with Crippen molar-refractivity contribution in [2.45, 2.75) is 47.7 Å². The Balaban J connectivity index is 1.63. The Morgan fingerprint density at radius 3 is 2.77 bits per heavy atom. The third-order valence-corrected chi connectivity index (χ3v) is 10.2. The number of aliphatic imine (C=N–C) groups is 1. The van der Waals surface area contributed by atoms with Crippen molar-refractivity contribution in [3.8, 4) is 0 Å². The van der Waals surface area contributed by atoms with E-state index < -0.39 is 16.1 Å². The number of benzene rings is 1. The van der Waals surface area contributed by atoms with Gasteiger partial charge in [-0.1, -0.05) is 24.8 Å². The summed E-state index contributed by atoms with van der Waals surface area (Å²) >= 11 is 3.15. The van der Waals surface area contributed by atoms with Crippen molar-refractivity contribution in [1.82, 2.24) is 14.1 Å². The molecule has 0 spiro atoms. The second-order valence-corrected chi connectivity index (χ2v) is 13.4. The molecule has 0 radical (unpaired) electrons. The molecule has 31 heavy (non-hydrogen) atoms. The van der Waals surface area contributed by atoms with E-state index in [0.717, 1.165) is 10.7 Å². The van der Waals surface area contributed by atoms with Crippen LogP contribution in [0.25, 0.3) is 0 Å². The second-order valence-electron chi connectivity index (χ2n) is 8.32. The molecular formula is C20H26N4O4S3. The molecule has 0 N–H and O–H groups in total. The molecule has 0 aromatic heterocycles. The fourth-order valence-electron chi connectivity index (χ4n) is 4.11. The maximum absolute atomic E-state index is 13.5. The number of carbonyl (C=O) groups excluding carboxylic acids is 2. The molecule has 11 heteroatoms. The Bertz CT molecular complexity index is 1060. The van der Waals surface area contributed by atoms with E-state index in [1.165, 1.54) is 38.0 Å². The number of thioether (sulfide) groups is 2. The highest BCUT2D eigenvalue weighted by Crippen LogP contribution is 2.48. The van der Waals surface area contributed by atoms with Gasteiger partial charge in [0.15, 0.2) is 5.17 Å². The molecule has 3 saturated heterocycles. The molecular weight excluding hydrogens is 456 g/mol. The minimum Gasteiger partial charge on any atom is -0.315 e. The second kappa shape index (κ2) is 8.09. The molecule has 0 aliphatic carbocycles. The molecule has 4 rings (SSSR count). The molecule has 3 aliphatic heterocycles. The Morgan fingerprint density at radius 2 is 2.06 bits per heavy atom. The molecule has 168 valence electrons. The number of rotatable bonds is 4. The SMILES string of the molecule is C[C@H]1CN(C(=O)[C@H]2CS[C@@]3(C)CCC(=O)N23)C(=Nc2cccc(S(=O)(=O)N(C)C)c2)S1. The molecule has 0 bridgehead atoms. The van der Waals surface area contributed by atoms with E-state index in [-0.39, 0.29) is 26.8 Å². The number of sulfonamides is 1. The van der Waals surface area contributed by atoms with Crippen LogP contribution in [0.2, 0.25) is 0 Å². The molecule has 3 aliphatic rings. The van der Waals surface area contributed by atoms with Crippen LogP contribution in [-0.2, 0) is 19.6 Å². The third-order valence-electron chi connectivity index (χ3n) is 5.79. The number of hydrogen-bond donors (Lipinski definition) is 0. The van der Waals surface area contributed by atoms with Gasteiger partial charge < -0.3 is 4.90 Å². The zero-order valence-electron chi connectivity index (χ0n) is 17.9.